The summed E-state index contributed by atoms with van der Waals surface area (Å²) in [4.78, 5) is 14.1. The molecule has 0 amide bonds. The van der Waals surface area contributed by atoms with Crippen molar-refractivity contribution >= 4 is 6.29 Å². The molecule has 1 heterocycles. The summed E-state index contributed by atoms with van der Waals surface area (Å²) in [5.74, 6) is 0. The van der Waals surface area contributed by atoms with E-state index in [9.17, 15) is 4.79 Å². The van der Waals surface area contributed by atoms with Crippen molar-refractivity contribution in [1.29, 1.82) is 0 Å². The predicted octanol–water partition coefficient (Wildman–Crippen LogP) is 0.150. The van der Waals surface area contributed by atoms with Crippen LogP contribution in [0.2, 0.25) is 0 Å². The monoisotopic (exact) mass is 150 g/mol. The van der Waals surface area contributed by atoms with Crippen LogP contribution in [-0.4, -0.2) is 17.3 Å². The smallest absolute Gasteiger partial charge is 0.137 e. The van der Waals surface area contributed by atoms with E-state index < -0.39 is 6.04 Å². The van der Waals surface area contributed by atoms with Crippen LogP contribution in [0.5, 0.6) is 0 Å². The zero-order chi connectivity index (χ0) is 8.10. The zero-order valence-corrected chi connectivity index (χ0v) is 6.10. The van der Waals surface area contributed by atoms with E-state index in [-0.39, 0.29) is 0 Å². The molecule has 3 heteroatoms. The van der Waals surface area contributed by atoms with Crippen molar-refractivity contribution in [1.82, 2.24) is 4.98 Å². The molecule has 0 bridgehead atoms. The number of pyridine rings is 1. The lowest BCUT2D eigenvalue weighted by Gasteiger charge is -2.01. The highest BCUT2D eigenvalue weighted by Gasteiger charge is 2.00. The Hall–Kier alpha value is -1.22. The summed E-state index contributed by atoms with van der Waals surface area (Å²) in [6.07, 6.45) is 4.71. The van der Waals surface area contributed by atoms with Crippen LogP contribution >= 0.6 is 0 Å². The molecule has 0 aliphatic heterocycles. The van der Waals surface area contributed by atoms with Gasteiger partial charge in [-0.15, -0.1) is 0 Å². The second-order valence-corrected chi connectivity index (χ2v) is 2.37. The Morgan fingerprint density at radius 1 is 1.73 bits per heavy atom. The quantitative estimate of drug-likeness (QED) is 0.624. The topological polar surface area (TPSA) is 56.0 Å². The average molecular weight is 150 g/mol. The molecule has 1 rings (SSSR count). The minimum Gasteiger partial charge on any atom is -0.321 e. The Bertz CT molecular complexity index is 223. The fraction of sp³-hybridized carbons (Fsp3) is 0.250. The van der Waals surface area contributed by atoms with Crippen molar-refractivity contribution in [2.75, 3.05) is 0 Å². The average Bonchev–Trinajstić information content (AvgIpc) is 2.06. The molecule has 0 radical (unpaired) electrons. The molecule has 0 aliphatic rings. The summed E-state index contributed by atoms with van der Waals surface area (Å²) in [6, 6.07) is 3.32. The molecule has 1 atom stereocenters. The first kappa shape index (κ1) is 7.88. The van der Waals surface area contributed by atoms with Crippen molar-refractivity contribution in [3.8, 4) is 0 Å². The van der Waals surface area contributed by atoms with Crippen molar-refractivity contribution in [2.45, 2.75) is 12.5 Å². The van der Waals surface area contributed by atoms with Gasteiger partial charge < -0.3 is 10.5 Å². The van der Waals surface area contributed by atoms with Crippen LogP contribution in [0.25, 0.3) is 0 Å². The van der Waals surface area contributed by atoms with E-state index in [4.69, 9.17) is 5.73 Å². The van der Waals surface area contributed by atoms with Gasteiger partial charge >= 0.3 is 0 Å². The van der Waals surface area contributed by atoms with Crippen LogP contribution in [-0.2, 0) is 11.2 Å². The van der Waals surface area contributed by atoms with Gasteiger partial charge in [0.15, 0.2) is 0 Å². The van der Waals surface area contributed by atoms with Crippen LogP contribution < -0.4 is 5.73 Å². The fourth-order valence-electron chi connectivity index (χ4n) is 0.839. The standard InChI is InChI=1S/C8H10N2O/c9-8(6-11)4-7-2-1-3-10-5-7/h1-3,5-6,8H,4,9H2. The Morgan fingerprint density at radius 3 is 3.09 bits per heavy atom. The highest BCUT2D eigenvalue weighted by atomic mass is 16.1. The van der Waals surface area contributed by atoms with Gasteiger partial charge in [-0.2, -0.15) is 0 Å². The molecule has 0 aromatic carbocycles. The molecule has 0 saturated carbocycles. The molecular formula is C8H10N2O. The van der Waals surface area contributed by atoms with Crippen LogP contribution in [0.1, 0.15) is 5.56 Å². The third kappa shape index (κ3) is 2.47. The van der Waals surface area contributed by atoms with Gasteiger partial charge in [-0.05, 0) is 18.1 Å². The van der Waals surface area contributed by atoms with E-state index in [2.05, 4.69) is 4.98 Å². The zero-order valence-electron chi connectivity index (χ0n) is 6.10. The molecule has 3 nitrogen and oxygen atoms in total. The van der Waals surface area contributed by atoms with E-state index in [1.807, 2.05) is 12.1 Å². The molecular weight excluding hydrogens is 140 g/mol. The van der Waals surface area contributed by atoms with Gasteiger partial charge in [0, 0.05) is 12.4 Å². The maximum Gasteiger partial charge on any atom is 0.137 e. The normalized spacial score (nSPS) is 12.5. The van der Waals surface area contributed by atoms with E-state index in [0.717, 1.165) is 11.8 Å². The molecule has 58 valence electrons. The summed E-state index contributed by atoms with van der Waals surface area (Å²) in [7, 11) is 0. The number of nitrogens with two attached hydrogens (primary N) is 1. The maximum atomic E-state index is 10.2. The summed E-state index contributed by atoms with van der Waals surface area (Å²) in [5, 5.41) is 0. The highest BCUT2D eigenvalue weighted by molar-refractivity contribution is 5.57. The Balaban J connectivity index is 2.57. The van der Waals surface area contributed by atoms with E-state index in [1.165, 1.54) is 0 Å². The first-order chi connectivity index (χ1) is 5.33. The first-order valence-electron chi connectivity index (χ1n) is 3.42. The molecule has 0 aliphatic carbocycles. The van der Waals surface area contributed by atoms with Crippen LogP contribution in [0.3, 0.4) is 0 Å². The minimum atomic E-state index is -0.404. The lowest BCUT2D eigenvalue weighted by atomic mass is 10.1. The first-order valence-corrected chi connectivity index (χ1v) is 3.42. The van der Waals surface area contributed by atoms with Gasteiger partial charge in [-0.1, -0.05) is 6.07 Å². The van der Waals surface area contributed by atoms with Crippen molar-refractivity contribution in [3.63, 3.8) is 0 Å². The van der Waals surface area contributed by atoms with E-state index >= 15 is 0 Å². The van der Waals surface area contributed by atoms with E-state index in [1.54, 1.807) is 12.4 Å². The summed E-state index contributed by atoms with van der Waals surface area (Å²) < 4.78 is 0. The Morgan fingerprint density at radius 2 is 2.55 bits per heavy atom. The number of carbonyl (C=O) groups is 1. The number of hydrogen-bond donors (Lipinski definition) is 1. The van der Waals surface area contributed by atoms with Gasteiger partial charge in [0.25, 0.3) is 0 Å². The molecule has 1 aromatic heterocycles. The molecule has 2 N–H and O–H groups in total. The highest BCUT2D eigenvalue weighted by Crippen LogP contribution is 1.97. The lowest BCUT2D eigenvalue weighted by molar-refractivity contribution is -0.108. The number of rotatable bonds is 3. The van der Waals surface area contributed by atoms with Crippen LogP contribution in [0.15, 0.2) is 24.5 Å². The van der Waals surface area contributed by atoms with E-state index in [0.29, 0.717) is 6.42 Å². The summed E-state index contributed by atoms with van der Waals surface area (Å²) in [6.45, 7) is 0. The number of nitrogens with zero attached hydrogens (tertiary/aromatic N) is 1. The van der Waals surface area contributed by atoms with Gasteiger partial charge in [-0.25, -0.2) is 0 Å². The molecule has 1 unspecified atom stereocenters. The fourth-order valence-corrected chi connectivity index (χ4v) is 0.839. The second-order valence-electron chi connectivity index (χ2n) is 2.37. The SMILES string of the molecule is NC(C=O)Cc1cccnc1. The van der Waals surface area contributed by atoms with Crippen LogP contribution in [0, 0.1) is 0 Å². The second kappa shape index (κ2) is 3.83. The maximum absolute atomic E-state index is 10.2. The number of aromatic nitrogens is 1. The van der Waals surface area contributed by atoms with Crippen molar-refractivity contribution < 1.29 is 4.79 Å². The van der Waals surface area contributed by atoms with Crippen LogP contribution in [0.4, 0.5) is 0 Å². The minimum absolute atomic E-state index is 0.404. The number of carbonyl (C=O) groups excluding carboxylic acids is 1. The third-order valence-electron chi connectivity index (χ3n) is 1.37. The summed E-state index contributed by atoms with van der Waals surface area (Å²) >= 11 is 0. The molecule has 0 saturated heterocycles. The Kier molecular flexibility index (Phi) is 2.74. The number of hydrogen-bond acceptors (Lipinski definition) is 3. The molecule has 11 heavy (non-hydrogen) atoms. The lowest BCUT2D eigenvalue weighted by Crippen LogP contribution is -2.24. The van der Waals surface area contributed by atoms with Crippen molar-refractivity contribution in [3.05, 3.63) is 30.1 Å². The molecule has 1 aromatic rings. The van der Waals surface area contributed by atoms with Gasteiger partial charge in [0.05, 0.1) is 6.04 Å². The van der Waals surface area contributed by atoms with Crippen molar-refractivity contribution in [2.24, 2.45) is 5.73 Å². The van der Waals surface area contributed by atoms with Gasteiger partial charge in [0.2, 0.25) is 0 Å². The predicted molar refractivity (Wildman–Crippen MR) is 42.0 cm³/mol. The summed E-state index contributed by atoms with van der Waals surface area (Å²) in [5.41, 5.74) is 6.40. The van der Waals surface area contributed by atoms with Gasteiger partial charge in [0.1, 0.15) is 6.29 Å². The number of aldehydes is 1. The third-order valence-corrected chi connectivity index (χ3v) is 1.37. The Labute approximate surface area is 65.2 Å². The largest absolute Gasteiger partial charge is 0.321 e. The molecule has 0 spiro atoms. The molecule has 0 fully saturated rings. The van der Waals surface area contributed by atoms with Gasteiger partial charge in [-0.3, -0.25) is 4.98 Å².